The third-order valence-electron chi connectivity index (χ3n) is 6.89. The lowest BCUT2D eigenvalue weighted by Crippen LogP contribution is -2.46. The van der Waals surface area contributed by atoms with Gasteiger partial charge in [0, 0.05) is 44.2 Å². The van der Waals surface area contributed by atoms with Crippen LogP contribution in [0.15, 0.2) is 72.8 Å². The third kappa shape index (κ3) is 4.95. The fourth-order valence-corrected chi connectivity index (χ4v) is 5.05. The molecule has 0 spiro atoms. The molecule has 0 amide bonds. The van der Waals surface area contributed by atoms with Crippen molar-refractivity contribution in [2.75, 3.05) is 32.7 Å². The van der Waals surface area contributed by atoms with Crippen LogP contribution in [0.4, 0.5) is 0 Å². The summed E-state index contributed by atoms with van der Waals surface area (Å²) in [7, 11) is 0. The van der Waals surface area contributed by atoms with Gasteiger partial charge in [0.25, 0.3) is 0 Å². The number of ether oxygens (including phenoxy) is 1. The van der Waals surface area contributed by atoms with Gasteiger partial charge in [-0.15, -0.1) is 0 Å². The highest BCUT2D eigenvalue weighted by Gasteiger charge is 2.27. The molecule has 33 heavy (non-hydrogen) atoms. The van der Waals surface area contributed by atoms with Crippen molar-refractivity contribution in [3.8, 4) is 5.75 Å². The molecule has 1 N–H and O–H groups in total. The Morgan fingerprint density at radius 1 is 0.879 bits per heavy atom. The molecule has 0 aliphatic carbocycles. The average Bonchev–Trinajstić information content (AvgIpc) is 3.00. The molecule has 2 heterocycles. The Morgan fingerprint density at radius 3 is 2.39 bits per heavy atom. The highest BCUT2D eigenvalue weighted by Crippen LogP contribution is 2.40. The molecule has 2 aliphatic rings. The first kappa shape index (κ1) is 21.7. The number of aromatic carboxylic acids is 1. The molecule has 0 saturated carbocycles. The fourth-order valence-electron chi connectivity index (χ4n) is 5.05. The first-order chi connectivity index (χ1) is 16.2. The maximum Gasteiger partial charge on any atom is 0.335 e. The number of piperazine rings is 1. The number of fused-ring (bicyclic) bond motifs is 2. The van der Waals surface area contributed by atoms with Crippen LogP contribution in [-0.4, -0.2) is 53.6 Å². The molecule has 0 aromatic heterocycles. The van der Waals surface area contributed by atoms with Crippen molar-refractivity contribution in [1.82, 2.24) is 9.80 Å². The SMILES string of the molecule is O=C(O)c1ccc2c(c1)C(CCN1CCN(Cc3ccccc3)CC1)c1ccccc1CO2. The summed E-state index contributed by atoms with van der Waals surface area (Å²) in [6, 6.07) is 24.3. The molecule has 1 saturated heterocycles. The van der Waals surface area contributed by atoms with Gasteiger partial charge in [0.2, 0.25) is 0 Å². The van der Waals surface area contributed by atoms with E-state index in [1.165, 1.54) is 16.7 Å². The first-order valence-corrected chi connectivity index (χ1v) is 11.7. The van der Waals surface area contributed by atoms with Gasteiger partial charge in [-0.25, -0.2) is 4.79 Å². The van der Waals surface area contributed by atoms with Crippen molar-refractivity contribution in [1.29, 1.82) is 0 Å². The quantitative estimate of drug-likeness (QED) is 0.604. The van der Waals surface area contributed by atoms with E-state index in [0.717, 1.165) is 57.0 Å². The van der Waals surface area contributed by atoms with Crippen molar-refractivity contribution in [2.45, 2.75) is 25.5 Å². The number of hydrogen-bond acceptors (Lipinski definition) is 4. The highest BCUT2D eigenvalue weighted by molar-refractivity contribution is 5.88. The molecule has 3 aromatic carbocycles. The lowest BCUT2D eigenvalue weighted by atomic mass is 9.85. The zero-order valence-electron chi connectivity index (χ0n) is 18.8. The zero-order valence-corrected chi connectivity index (χ0v) is 18.8. The highest BCUT2D eigenvalue weighted by atomic mass is 16.5. The maximum absolute atomic E-state index is 11.6. The fraction of sp³-hybridized carbons (Fsp3) is 0.321. The van der Waals surface area contributed by atoms with E-state index in [9.17, 15) is 9.90 Å². The van der Waals surface area contributed by atoms with Gasteiger partial charge in [0.05, 0.1) is 5.56 Å². The van der Waals surface area contributed by atoms with Crippen LogP contribution < -0.4 is 4.74 Å². The summed E-state index contributed by atoms with van der Waals surface area (Å²) in [5.41, 5.74) is 5.11. The maximum atomic E-state index is 11.6. The molecule has 1 atom stereocenters. The molecular formula is C28H30N2O3. The minimum atomic E-state index is -0.899. The monoisotopic (exact) mass is 442 g/mol. The van der Waals surface area contributed by atoms with Crippen molar-refractivity contribution in [2.24, 2.45) is 0 Å². The van der Waals surface area contributed by atoms with E-state index >= 15 is 0 Å². The van der Waals surface area contributed by atoms with Crippen LogP contribution in [0, 0.1) is 0 Å². The Labute approximate surface area is 195 Å². The zero-order chi connectivity index (χ0) is 22.6. The second-order valence-corrected chi connectivity index (χ2v) is 8.99. The largest absolute Gasteiger partial charge is 0.489 e. The van der Waals surface area contributed by atoms with Gasteiger partial charge in [-0.2, -0.15) is 0 Å². The topological polar surface area (TPSA) is 53.0 Å². The molecule has 1 fully saturated rings. The Bertz CT molecular complexity index is 1110. The number of nitrogens with zero attached hydrogens (tertiary/aromatic N) is 2. The summed E-state index contributed by atoms with van der Waals surface area (Å²) >= 11 is 0. The third-order valence-corrected chi connectivity index (χ3v) is 6.89. The average molecular weight is 443 g/mol. The van der Waals surface area contributed by atoms with Gasteiger partial charge >= 0.3 is 5.97 Å². The van der Waals surface area contributed by atoms with Crippen molar-refractivity contribution < 1.29 is 14.6 Å². The molecule has 3 aromatic rings. The summed E-state index contributed by atoms with van der Waals surface area (Å²) in [6.45, 7) is 6.75. The van der Waals surface area contributed by atoms with E-state index in [4.69, 9.17) is 4.74 Å². The smallest absolute Gasteiger partial charge is 0.335 e. The van der Waals surface area contributed by atoms with E-state index in [1.54, 1.807) is 6.07 Å². The Balaban J connectivity index is 1.29. The minimum Gasteiger partial charge on any atom is -0.489 e. The van der Waals surface area contributed by atoms with Gasteiger partial charge < -0.3 is 14.7 Å². The van der Waals surface area contributed by atoms with E-state index in [1.807, 2.05) is 18.2 Å². The van der Waals surface area contributed by atoms with Crippen molar-refractivity contribution in [3.63, 3.8) is 0 Å². The molecule has 2 aliphatic heterocycles. The Hall–Kier alpha value is -3.15. The van der Waals surface area contributed by atoms with E-state index in [-0.39, 0.29) is 5.92 Å². The number of carboxylic acids is 1. The summed E-state index contributed by atoms with van der Waals surface area (Å²) < 4.78 is 6.09. The number of benzene rings is 3. The standard InChI is InChI=1S/C28H30N2O3/c31-28(32)22-10-11-27-26(18-22)25(24-9-5-4-8-23(24)20-33-27)12-13-29-14-16-30(17-15-29)19-21-6-2-1-3-7-21/h1-11,18,25H,12-17,19-20H2,(H,31,32). The lowest BCUT2D eigenvalue weighted by Gasteiger charge is -2.35. The second-order valence-electron chi connectivity index (χ2n) is 8.99. The van der Waals surface area contributed by atoms with Gasteiger partial charge in [-0.05, 0) is 47.9 Å². The van der Waals surface area contributed by atoms with Crippen molar-refractivity contribution in [3.05, 3.63) is 101 Å². The van der Waals surface area contributed by atoms with Gasteiger partial charge in [0.15, 0.2) is 0 Å². The minimum absolute atomic E-state index is 0.125. The normalized spacial score (nSPS) is 18.6. The van der Waals surface area contributed by atoms with Gasteiger partial charge in [-0.1, -0.05) is 54.6 Å². The summed E-state index contributed by atoms with van der Waals surface area (Å²) in [4.78, 5) is 16.7. The molecule has 5 nitrogen and oxygen atoms in total. The van der Waals surface area contributed by atoms with Crippen molar-refractivity contribution >= 4 is 5.97 Å². The number of carbonyl (C=O) groups is 1. The van der Waals surface area contributed by atoms with Crippen LogP contribution in [0.2, 0.25) is 0 Å². The molecule has 5 rings (SSSR count). The summed E-state index contributed by atoms with van der Waals surface area (Å²) in [6.07, 6.45) is 0.940. The van der Waals surface area contributed by atoms with Crippen LogP contribution in [0.25, 0.3) is 0 Å². The predicted molar refractivity (Wildman–Crippen MR) is 129 cm³/mol. The first-order valence-electron chi connectivity index (χ1n) is 11.7. The number of carboxylic acid groups (broad SMARTS) is 1. The predicted octanol–water partition coefficient (Wildman–Crippen LogP) is 4.62. The summed E-state index contributed by atoms with van der Waals surface area (Å²) in [5.74, 6) is 0.0258. The second kappa shape index (κ2) is 9.77. The van der Waals surface area contributed by atoms with Crippen LogP contribution in [0.1, 0.15) is 45.0 Å². The van der Waals surface area contributed by atoms with Crippen LogP contribution in [0.3, 0.4) is 0 Å². The molecular weight excluding hydrogens is 412 g/mol. The molecule has 0 bridgehead atoms. The van der Waals surface area contributed by atoms with Crippen LogP contribution in [0.5, 0.6) is 5.75 Å². The van der Waals surface area contributed by atoms with Crippen LogP contribution in [-0.2, 0) is 13.2 Å². The Morgan fingerprint density at radius 2 is 1.61 bits per heavy atom. The molecule has 5 heteroatoms. The van der Waals surface area contributed by atoms with E-state index in [0.29, 0.717) is 12.2 Å². The number of hydrogen-bond donors (Lipinski definition) is 1. The van der Waals surface area contributed by atoms with Gasteiger partial charge in [0.1, 0.15) is 12.4 Å². The number of rotatable bonds is 6. The molecule has 0 radical (unpaired) electrons. The summed E-state index contributed by atoms with van der Waals surface area (Å²) in [5, 5.41) is 9.55. The van der Waals surface area contributed by atoms with E-state index in [2.05, 4.69) is 58.3 Å². The molecule has 170 valence electrons. The van der Waals surface area contributed by atoms with E-state index < -0.39 is 5.97 Å². The van der Waals surface area contributed by atoms with Crippen LogP contribution >= 0.6 is 0 Å². The molecule has 1 unspecified atom stereocenters. The Kier molecular flexibility index (Phi) is 6.42. The lowest BCUT2D eigenvalue weighted by molar-refractivity contribution is 0.0696. The van der Waals surface area contributed by atoms with Gasteiger partial charge in [-0.3, -0.25) is 4.90 Å².